The largest absolute Gasteiger partial charge is 0.349 e. The summed E-state index contributed by atoms with van der Waals surface area (Å²) in [6, 6.07) is 12.9. The average molecular weight is 442 g/mol. The molecule has 0 bridgehead atoms. The summed E-state index contributed by atoms with van der Waals surface area (Å²) in [7, 11) is 0. The van der Waals surface area contributed by atoms with E-state index in [0.29, 0.717) is 27.5 Å². The van der Waals surface area contributed by atoms with Gasteiger partial charge in [0.25, 0.3) is 5.91 Å². The summed E-state index contributed by atoms with van der Waals surface area (Å²) < 4.78 is 1.79. The van der Waals surface area contributed by atoms with Crippen molar-refractivity contribution >= 4 is 40.9 Å². The van der Waals surface area contributed by atoms with E-state index in [0.717, 1.165) is 24.1 Å². The predicted octanol–water partition coefficient (Wildman–Crippen LogP) is 3.85. The van der Waals surface area contributed by atoms with Gasteiger partial charge in [0.2, 0.25) is 5.91 Å². The van der Waals surface area contributed by atoms with Crippen molar-refractivity contribution < 1.29 is 9.59 Å². The number of aryl methyl sites for hydroxylation is 1. The monoisotopic (exact) mass is 441 g/mol. The van der Waals surface area contributed by atoms with Crippen LogP contribution in [0.15, 0.2) is 53.9 Å². The lowest BCUT2D eigenvalue weighted by molar-refractivity contribution is -0.113. The molecule has 2 aromatic carbocycles. The van der Waals surface area contributed by atoms with Crippen molar-refractivity contribution in [3.05, 3.63) is 64.9 Å². The Kier molecular flexibility index (Phi) is 6.06. The van der Waals surface area contributed by atoms with Crippen molar-refractivity contribution in [1.29, 1.82) is 0 Å². The number of carbonyl (C=O) groups excluding carboxylic acids is 2. The Labute approximate surface area is 183 Å². The zero-order valence-corrected chi connectivity index (χ0v) is 17.8. The number of aromatic nitrogens is 3. The molecule has 0 spiro atoms. The molecule has 2 N–H and O–H groups in total. The minimum absolute atomic E-state index is 0.0820. The van der Waals surface area contributed by atoms with Crippen LogP contribution in [0.2, 0.25) is 5.02 Å². The first-order valence-electron chi connectivity index (χ1n) is 9.50. The van der Waals surface area contributed by atoms with Gasteiger partial charge in [-0.15, -0.1) is 10.2 Å². The predicted molar refractivity (Wildman–Crippen MR) is 117 cm³/mol. The fraction of sp³-hybridized carbons (Fsp3) is 0.238. The second-order valence-corrected chi connectivity index (χ2v) is 8.43. The second-order valence-electron chi connectivity index (χ2n) is 7.08. The summed E-state index contributed by atoms with van der Waals surface area (Å²) in [4.78, 5) is 24.4. The molecule has 1 aromatic heterocycles. The number of amides is 2. The molecule has 1 aliphatic rings. The highest BCUT2D eigenvalue weighted by Crippen LogP contribution is 2.24. The van der Waals surface area contributed by atoms with Gasteiger partial charge in [-0.1, -0.05) is 29.4 Å². The van der Waals surface area contributed by atoms with Crippen LogP contribution in [-0.2, 0) is 4.79 Å². The van der Waals surface area contributed by atoms with E-state index in [9.17, 15) is 9.59 Å². The SMILES string of the molecule is Cc1ccc(-n2cnnc2SCC(=O)Nc2ccc(C(=O)NC3CC3)cc2)cc1Cl. The average Bonchev–Trinajstić information content (AvgIpc) is 3.42. The van der Waals surface area contributed by atoms with E-state index in [2.05, 4.69) is 20.8 Å². The number of rotatable bonds is 7. The van der Waals surface area contributed by atoms with Crippen molar-refractivity contribution in [3.63, 3.8) is 0 Å². The molecule has 1 aliphatic carbocycles. The molecule has 7 nitrogen and oxygen atoms in total. The van der Waals surface area contributed by atoms with Gasteiger partial charge in [0.15, 0.2) is 5.16 Å². The van der Waals surface area contributed by atoms with E-state index < -0.39 is 0 Å². The van der Waals surface area contributed by atoms with Gasteiger partial charge >= 0.3 is 0 Å². The van der Waals surface area contributed by atoms with Gasteiger partial charge in [-0.25, -0.2) is 0 Å². The third-order valence-corrected chi connectivity index (χ3v) is 5.98. The molecule has 0 aliphatic heterocycles. The highest BCUT2D eigenvalue weighted by molar-refractivity contribution is 7.99. The maximum atomic E-state index is 12.3. The van der Waals surface area contributed by atoms with Crippen LogP contribution in [0.4, 0.5) is 5.69 Å². The molecule has 154 valence electrons. The van der Waals surface area contributed by atoms with Gasteiger partial charge in [0.1, 0.15) is 6.33 Å². The molecular weight excluding hydrogens is 422 g/mol. The summed E-state index contributed by atoms with van der Waals surface area (Å²) >= 11 is 7.49. The number of anilines is 1. The first kappa shape index (κ1) is 20.4. The molecule has 0 radical (unpaired) electrons. The van der Waals surface area contributed by atoms with E-state index in [1.54, 1.807) is 35.2 Å². The van der Waals surface area contributed by atoms with Crippen LogP contribution < -0.4 is 10.6 Å². The highest BCUT2D eigenvalue weighted by Gasteiger charge is 2.23. The Morgan fingerprint density at radius 3 is 2.67 bits per heavy atom. The van der Waals surface area contributed by atoms with E-state index >= 15 is 0 Å². The minimum Gasteiger partial charge on any atom is -0.349 e. The van der Waals surface area contributed by atoms with E-state index in [1.807, 2.05) is 25.1 Å². The van der Waals surface area contributed by atoms with Gasteiger partial charge in [0, 0.05) is 22.3 Å². The summed E-state index contributed by atoms with van der Waals surface area (Å²) in [5.74, 6) is -0.0875. The molecule has 1 saturated carbocycles. The smallest absolute Gasteiger partial charge is 0.251 e. The molecule has 0 atom stereocenters. The number of benzene rings is 2. The van der Waals surface area contributed by atoms with Crippen molar-refractivity contribution in [1.82, 2.24) is 20.1 Å². The van der Waals surface area contributed by atoms with E-state index in [1.165, 1.54) is 11.8 Å². The third kappa shape index (κ3) is 5.01. The first-order chi connectivity index (χ1) is 14.5. The number of halogens is 1. The first-order valence-corrected chi connectivity index (χ1v) is 10.9. The number of nitrogens with one attached hydrogen (secondary N) is 2. The van der Waals surface area contributed by atoms with Gasteiger partial charge < -0.3 is 10.6 Å². The van der Waals surface area contributed by atoms with Gasteiger partial charge in [-0.3, -0.25) is 14.2 Å². The zero-order chi connectivity index (χ0) is 21.1. The summed E-state index contributed by atoms with van der Waals surface area (Å²) in [5.41, 5.74) is 3.03. The molecule has 1 fully saturated rings. The maximum Gasteiger partial charge on any atom is 0.251 e. The Morgan fingerprint density at radius 2 is 1.97 bits per heavy atom. The lowest BCUT2D eigenvalue weighted by atomic mass is 10.2. The van der Waals surface area contributed by atoms with Crippen molar-refractivity contribution in [2.24, 2.45) is 0 Å². The summed E-state index contributed by atoms with van der Waals surface area (Å²) in [6.45, 7) is 1.93. The Balaban J connectivity index is 1.33. The number of carbonyl (C=O) groups is 2. The second kappa shape index (κ2) is 8.89. The molecule has 4 rings (SSSR count). The van der Waals surface area contributed by atoms with Crippen LogP contribution >= 0.6 is 23.4 Å². The van der Waals surface area contributed by atoms with Crippen molar-refractivity contribution in [3.8, 4) is 5.69 Å². The molecule has 30 heavy (non-hydrogen) atoms. The Bertz CT molecular complexity index is 1080. The van der Waals surface area contributed by atoms with Crippen LogP contribution in [-0.4, -0.2) is 38.4 Å². The Hall–Kier alpha value is -2.84. The van der Waals surface area contributed by atoms with Crippen LogP contribution in [0.5, 0.6) is 0 Å². The minimum atomic E-state index is -0.174. The molecular formula is C21H20ClN5O2S. The lowest BCUT2D eigenvalue weighted by Crippen LogP contribution is -2.25. The topological polar surface area (TPSA) is 88.9 Å². The Morgan fingerprint density at radius 1 is 1.20 bits per heavy atom. The summed E-state index contributed by atoms with van der Waals surface area (Å²) in [5, 5.41) is 15.1. The zero-order valence-electron chi connectivity index (χ0n) is 16.3. The standard InChI is InChI=1S/C21H20ClN5O2S/c1-13-2-9-17(10-18(13)22)27-12-23-26-21(27)30-11-19(28)24-15-5-3-14(4-6-15)20(29)25-16-7-8-16/h2-6,9-10,12,16H,7-8,11H2,1H3,(H,24,28)(H,25,29). The van der Waals surface area contributed by atoms with E-state index in [-0.39, 0.29) is 17.6 Å². The number of hydrogen-bond acceptors (Lipinski definition) is 5. The van der Waals surface area contributed by atoms with E-state index in [4.69, 9.17) is 11.6 Å². The van der Waals surface area contributed by atoms with Crippen LogP contribution in [0, 0.1) is 6.92 Å². The third-order valence-electron chi connectivity index (χ3n) is 4.63. The maximum absolute atomic E-state index is 12.3. The number of thioether (sulfide) groups is 1. The molecule has 9 heteroatoms. The van der Waals surface area contributed by atoms with Crippen molar-refractivity contribution in [2.45, 2.75) is 31.0 Å². The molecule has 2 amide bonds. The molecule has 0 unspecified atom stereocenters. The fourth-order valence-corrected chi connectivity index (χ4v) is 3.66. The van der Waals surface area contributed by atoms with Crippen LogP contribution in [0.25, 0.3) is 5.69 Å². The quantitative estimate of drug-likeness (QED) is 0.543. The lowest BCUT2D eigenvalue weighted by Gasteiger charge is -2.09. The number of hydrogen-bond donors (Lipinski definition) is 2. The van der Waals surface area contributed by atoms with Crippen molar-refractivity contribution in [2.75, 3.05) is 11.1 Å². The summed E-state index contributed by atoms with van der Waals surface area (Å²) in [6.07, 6.45) is 3.68. The van der Waals surface area contributed by atoms with Crippen LogP contribution in [0.1, 0.15) is 28.8 Å². The molecule has 1 heterocycles. The number of nitrogens with zero attached hydrogens (tertiary/aromatic N) is 3. The molecule has 3 aromatic rings. The highest BCUT2D eigenvalue weighted by atomic mass is 35.5. The molecule has 0 saturated heterocycles. The van der Waals surface area contributed by atoms with Gasteiger partial charge in [-0.05, 0) is 61.7 Å². The normalized spacial score (nSPS) is 13.1. The van der Waals surface area contributed by atoms with Gasteiger partial charge in [-0.2, -0.15) is 0 Å². The van der Waals surface area contributed by atoms with Crippen LogP contribution in [0.3, 0.4) is 0 Å². The van der Waals surface area contributed by atoms with Gasteiger partial charge in [0.05, 0.1) is 11.4 Å². The fourth-order valence-electron chi connectivity index (χ4n) is 2.76.